The van der Waals surface area contributed by atoms with Gasteiger partial charge in [-0.25, -0.2) is 0 Å². The van der Waals surface area contributed by atoms with Gasteiger partial charge in [0, 0.05) is 36.3 Å². The summed E-state index contributed by atoms with van der Waals surface area (Å²) in [4.78, 5) is 12.8. The monoisotopic (exact) mass is 324 g/mol. The van der Waals surface area contributed by atoms with E-state index >= 15 is 0 Å². The molecule has 0 fully saturated rings. The Labute approximate surface area is 145 Å². The fourth-order valence-electron chi connectivity index (χ4n) is 2.89. The molecule has 2 rings (SSSR count). The van der Waals surface area contributed by atoms with Gasteiger partial charge in [0.15, 0.2) is 0 Å². The molecule has 2 unspecified atom stereocenters. The molecule has 0 aliphatic heterocycles. The van der Waals surface area contributed by atoms with Crippen molar-refractivity contribution in [1.82, 2.24) is 0 Å². The van der Waals surface area contributed by atoms with Crippen LogP contribution in [0.1, 0.15) is 50.7 Å². The van der Waals surface area contributed by atoms with Crippen molar-refractivity contribution < 1.29 is 4.79 Å². The highest BCUT2D eigenvalue weighted by atomic mass is 16.1. The van der Waals surface area contributed by atoms with Crippen LogP contribution in [0.4, 0.5) is 11.4 Å². The van der Waals surface area contributed by atoms with Gasteiger partial charge in [-0.05, 0) is 49.2 Å². The minimum atomic E-state index is -0.107. The van der Waals surface area contributed by atoms with Gasteiger partial charge in [0.2, 0.25) is 0 Å². The minimum Gasteiger partial charge on any atom is -0.385 e. The number of anilines is 2. The molecular weight excluding hydrogens is 296 g/mol. The average Bonchev–Trinajstić information content (AvgIpc) is 2.62. The predicted molar refractivity (Wildman–Crippen MR) is 103 cm³/mol. The van der Waals surface area contributed by atoms with Crippen LogP contribution in [-0.2, 0) is 4.79 Å². The largest absolute Gasteiger partial charge is 0.385 e. The Bertz CT molecular complexity index is 589. The average molecular weight is 324 g/mol. The van der Waals surface area contributed by atoms with E-state index in [4.69, 9.17) is 0 Å². The lowest BCUT2D eigenvalue weighted by molar-refractivity contribution is -0.121. The van der Waals surface area contributed by atoms with Crippen LogP contribution in [-0.4, -0.2) is 18.9 Å². The molecule has 0 aromatic heterocycles. The fourth-order valence-corrected chi connectivity index (χ4v) is 2.89. The molecule has 0 aliphatic carbocycles. The lowest BCUT2D eigenvalue weighted by Crippen LogP contribution is -2.16. The van der Waals surface area contributed by atoms with Crippen LogP contribution in [0.15, 0.2) is 48.5 Å². The molecular formula is C21H28N2O. The molecule has 128 valence electrons. The van der Waals surface area contributed by atoms with E-state index in [1.807, 2.05) is 62.4 Å². The summed E-state index contributed by atoms with van der Waals surface area (Å²) in [7, 11) is 0. The molecule has 2 atom stereocenters. The van der Waals surface area contributed by atoms with E-state index in [2.05, 4.69) is 24.5 Å². The van der Waals surface area contributed by atoms with Crippen molar-refractivity contribution in [1.29, 1.82) is 0 Å². The number of ketones is 1. The minimum absolute atomic E-state index is 0.107. The third kappa shape index (κ3) is 4.38. The van der Waals surface area contributed by atoms with E-state index in [0.29, 0.717) is 0 Å². The highest BCUT2D eigenvalue weighted by Crippen LogP contribution is 2.27. The number of rotatable bonds is 8. The maximum Gasteiger partial charge on any atom is 0.147 e. The quantitative estimate of drug-likeness (QED) is 0.716. The van der Waals surface area contributed by atoms with Crippen LogP contribution < -0.4 is 10.6 Å². The first kappa shape index (κ1) is 18.1. The summed E-state index contributed by atoms with van der Waals surface area (Å²) in [6, 6.07) is 16.3. The Balaban J connectivity index is 2.08. The third-order valence-electron chi connectivity index (χ3n) is 4.44. The van der Waals surface area contributed by atoms with Crippen LogP contribution in [0.25, 0.3) is 0 Å². The predicted octanol–water partition coefficient (Wildman–Crippen LogP) is 5.03. The number of benzene rings is 2. The lowest BCUT2D eigenvalue weighted by Gasteiger charge is -2.18. The van der Waals surface area contributed by atoms with Crippen LogP contribution in [0, 0.1) is 0 Å². The molecule has 0 radical (unpaired) electrons. The molecule has 0 saturated carbocycles. The van der Waals surface area contributed by atoms with E-state index in [1.54, 1.807) is 0 Å². The van der Waals surface area contributed by atoms with Gasteiger partial charge in [0.1, 0.15) is 5.78 Å². The molecule has 2 aromatic rings. The molecule has 0 bridgehead atoms. The Morgan fingerprint density at radius 1 is 0.750 bits per heavy atom. The zero-order valence-corrected chi connectivity index (χ0v) is 15.1. The van der Waals surface area contributed by atoms with Crippen LogP contribution in [0.3, 0.4) is 0 Å². The maximum absolute atomic E-state index is 12.8. The molecule has 0 spiro atoms. The smallest absolute Gasteiger partial charge is 0.147 e. The zero-order valence-electron chi connectivity index (χ0n) is 15.1. The van der Waals surface area contributed by atoms with Crippen molar-refractivity contribution in [2.45, 2.75) is 39.5 Å². The fraction of sp³-hybridized carbons (Fsp3) is 0.381. The van der Waals surface area contributed by atoms with Crippen LogP contribution in [0.2, 0.25) is 0 Å². The van der Waals surface area contributed by atoms with E-state index in [1.165, 1.54) is 0 Å². The molecule has 2 N–H and O–H groups in total. The first-order valence-electron chi connectivity index (χ1n) is 8.78. The second kappa shape index (κ2) is 8.53. The van der Waals surface area contributed by atoms with Gasteiger partial charge in [0.25, 0.3) is 0 Å². The van der Waals surface area contributed by atoms with Gasteiger partial charge in [-0.2, -0.15) is 0 Å². The van der Waals surface area contributed by atoms with E-state index < -0.39 is 0 Å². The molecule has 3 heteroatoms. The first-order valence-corrected chi connectivity index (χ1v) is 8.78. The van der Waals surface area contributed by atoms with Crippen LogP contribution >= 0.6 is 0 Å². The normalized spacial score (nSPS) is 13.2. The number of hydrogen-bond acceptors (Lipinski definition) is 3. The van der Waals surface area contributed by atoms with Crippen molar-refractivity contribution in [3.05, 3.63) is 59.7 Å². The van der Waals surface area contributed by atoms with Gasteiger partial charge in [-0.3, -0.25) is 4.79 Å². The number of Topliss-reactive ketones (excluding diaryl/α,β-unsaturated/α-hetero) is 1. The number of nitrogens with one attached hydrogen (secondary N) is 2. The van der Waals surface area contributed by atoms with Gasteiger partial charge in [-0.1, -0.05) is 38.1 Å². The van der Waals surface area contributed by atoms with Crippen molar-refractivity contribution in [3.8, 4) is 0 Å². The van der Waals surface area contributed by atoms with Crippen molar-refractivity contribution in [2.75, 3.05) is 23.7 Å². The molecule has 0 saturated heterocycles. The summed E-state index contributed by atoms with van der Waals surface area (Å²) in [6.45, 7) is 9.93. The molecule has 2 aromatic carbocycles. The summed E-state index contributed by atoms with van der Waals surface area (Å²) < 4.78 is 0. The highest BCUT2D eigenvalue weighted by molar-refractivity contribution is 5.91. The summed E-state index contributed by atoms with van der Waals surface area (Å²) in [6.07, 6.45) is 0. The summed E-state index contributed by atoms with van der Waals surface area (Å²) >= 11 is 0. The number of carbonyl (C=O) groups is 1. The molecule has 0 heterocycles. The Hall–Kier alpha value is -2.29. The molecule has 3 nitrogen and oxygen atoms in total. The molecule has 0 amide bonds. The Morgan fingerprint density at radius 2 is 1.08 bits per heavy atom. The van der Waals surface area contributed by atoms with Gasteiger partial charge < -0.3 is 10.6 Å². The lowest BCUT2D eigenvalue weighted by atomic mass is 9.86. The van der Waals surface area contributed by atoms with Crippen molar-refractivity contribution >= 4 is 17.2 Å². The second-order valence-electron chi connectivity index (χ2n) is 6.15. The summed E-state index contributed by atoms with van der Waals surface area (Å²) in [5, 5.41) is 6.55. The standard InChI is InChI=1S/C21H28N2O/c1-5-22-19-11-7-17(8-12-19)15(3)21(24)16(4)18-9-13-20(14-10-18)23-6-2/h7-16,22-23H,5-6H2,1-4H3. The second-order valence-corrected chi connectivity index (χ2v) is 6.15. The van der Waals surface area contributed by atoms with E-state index in [9.17, 15) is 4.79 Å². The maximum atomic E-state index is 12.8. The van der Waals surface area contributed by atoms with E-state index in [-0.39, 0.29) is 17.6 Å². The highest BCUT2D eigenvalue weighted by Gasteiger charge is 2.22. The van der Waals surface area contributed by atoms with Gasteiger partial charge >= 0.3 is 0 Å². The first-order chi connectivity index (χ1) is 11.6. The summed E-state index contributed by atoms with van der Waals surface area (Å²) in [5.74, 6) is 0.0376. The Morgan fingerprint density at radius 3 is 1.38 bits per heavy atom. The number of carbonyl (C=O) groups excluding carboxylic acids is 1. The SMILES string of the molecule is CCNc1ccc(C(C)C(=O)C(C)c2ccc(NCC)cc2)cc1. The summed E-state index contributed by atoms with van der Waals surface area (Å²) in [5.41, 5.74) is 4.32. The molecule has 24 heavy (non-hydrogen) atoms. The molecule has 0 aliphatic rings. The Kier molecular flexibility index (Phi) is 6.42. The van der Waals surface area contributed by atoms with Crippen LogP contribution in [0.5, 0.6) is 0 Å². The zero-order chi connectivity index (χ0) is 17.5. The third-order valence-corrected chi connectivity index (χ3v) is 4.44. The topological polar surface area (TPSA) is 41.1 Å². The van der Waals surface area contributed by atoms with Crippen molar-refractivity contribution in [3.63, 3.8) is 0 Å². The van der Waals surface area contributed by atoms with Crippen molar-refractivity contribution in [2.24, 2.45) is 0 Å². The van der Waals surface area contributed by atoms with Gasteiger partial charge in [-0.15, -0.1) is 0 Å². The van der Waals surface area contributed by atoms with Gasteiger partial charge in [0.05, 0.1) is 0 Å². The number of hydrogen-bond donors (Lipinski definition) is 2. The van der Waals surface area contributed by atoms with E-state index in [0.717, 1.165) is 35.6 Å².